The molecule has 0 atom stereocenters. The van der Waals surface area contributed by atoms with E-state index in [1.54, 1.807) is 12.1 Å². The molecule has 0 unspecified atom stereocenters. The first-order valence-corrected chi connectivity index (χ1v) is 6.27. The molecule has 1 heterocycles. The van der Waals surface area contributed by atoms with Crippen LogP contribution in [0, 0.1) is 0 Å². The molecule has 1 aromatic rings. The van der Waals surface area contributed by atoms with Crippen molar-refractivity contribution in [2.45, 2.75) is 25.7 Å². The molecule has 1 fully saturated rings. The van der Waals surface area contributed by atoms with Gasteiger partial charge in [0, 0.05) is 19.5 Å². The molecule has 4 heteroatoms. The topological polar surface area (TPSA) is 57.6 Å². The van der Waals surface area contributed by atoms with Gasteiger partial charge in [0.25, 0.3) is 0 Å². The van der Waals surface area contributed by atoms with Crippen molar-refractivity contribution in [1.82, 2.24) is 4.90 Å². The maximum absolute atomic E-state index is 11.6. The zero-order chi connectivity index (χ0) is 13.0. The van der Waals surface area contributed by atoms with Crippen molar-refractivity contribution in [2.75, 3.05) is 13.1 Å². The summed E-state index contributed by atoms with van der Waals surface area (Å²) in [5.41, 5.74) is 1.37. The van der Waals surface area contributed by atoms with Crippen molar-refractivity contribution < 1.29 is 14.7 Å². The molecule has 0 aromatic heterocycles. The van der Waals surface area contributed by atoms with E-state index in [2.05, 4.69) is 0 Å². The minimum atomic E-state index is -0.909. The quantitative estimate of drug-likeness (QED) is 0.884. The Morgan fingerprint density at radius 3 is 2.56 bits per heavy atom. The highest BCUT2D eigenvalue weighted by Gasteiger charge is 2.17. The number of carbonyl (C=O) groups is 2. The van der Waals surface area contributed by atoms with Gasteiger partial charge >= 0.3 is 5.97 Å². The van der Waals surface area contributed by atoms with E-state index >= 15 is 0 Å². The summed E-state index contributed by atoms with van der Waals surface area (Å²) in [4.78, 5) is 24.2. The fraction of sp³-hybridized carbons (Fsp3) is 0.429. The molecule has 1 amide bonds. The van der Waals surface area contributed by atoms with Crippen molar-refractivity contribution in [2.24, 2.45) is 0 Å². The number of carbonyl (C=O) groups excluding carboxylic acids is 1. The minimum Gasteiger partial charge on any atom is -0.478 e. The molecule has 1 aromatic carbocycles. The number of amides is 1. The average molecular weight is 247 g/mol. The second kappa shape index (κ2) is 5.67. The van der Waals surface area contributed by atoms with Crippen LogP contribution in [-0.4, -0.2) is 35.0 Å². The lowest BCUT2D eigenvalue weighted by molar-refractivity contribution is -0.133. The van der Waals surface area contributed by atoms with Crippen LogP contribution in [0.3, 0.4) is 0 Å². The van der Waals surface area contributed by atoms with Gasteiger partial charge < -0.3 is 10.0 Å². The largest absolute Gasteiger partial charge is 0.478 e. The van der Waals surface area contributed by atoms with Crippen LogP contribution in [0.15, 0.2) is 24.3 Å². The molecule has 0 saturated carbocycles. The average Bonchev–Trinajstić information content (AvgIpc) is 2.38. The number of benzene rings is 1. The third kappa shape index (κ3) is 3.09. The second-order valence-corrected chi connectivity index (χ2v) is 4.59. The van der Waals surface area contributed by atoms with Crippen LogP contribution in [0.5, 0.6) is 0 Å². The maximum atomic E-state index is 11.6. The van der Waals surface area contributed by atoms with E-state index in [1.165, 1.54) is 0 Å². The van der Waals surface area contributed by atoms with Gasteiger partial charge in [-0.2, -0.15) is 0 Å². The van der Waals surface area contributed by atoms with Crippen LogP contribution in [0.2, 0.25) is 0 Å². The highest BCUT2D eigenvalue weighted by molar-refractivity contribution is 5.87. The first-order valence-electron chi connectivity index (χ1n) is 6.27. The SMILES string of the molecule is O=C(O)c1ccc(CCN2CCCCC2=O)cc1. The van der Waals surface area contributed by atoms with E-state index in [0.29, 0.717) is 12.0 Å². The van der Waals surface area contributed by atoms with E-state index in [4.69, 9.17) is 5.11 Å². The van der Waals surface area contributed by atoms with Gasteiger partial charge in [-0.1, -0.05) is 12.1 Å². The molecule has 1 aliphatic rings. The summed E-state index contributed by atoms with van der Waals surface area (Å²) in [5, 5.41) is 8.79. The summed E-state index contributed by atoms with van der Waals surface area (Å²) >= 11 is 0. The molecule has 96 valence electrons. The van der Waals surface area contributed by atoms with Crippen molar-refractivity contribution >= 4 is 11.9 Å². The van der Waals surface area contributed by atoms with Gasteiger partial charge in [0.2, 0.25) is 5.91 Å². The molecule has 18 heavy (non-hydrogen) atoms. The van der Waals surface area contributed by atoms with Crippen molar-refractivity contribution in [1.29, 1.82) is 0 Å². The van der Waals surface area contributed by atoms with Gasteiger partial charge in [-0.3, -0.25) is 4.79 Å². The van der Waals surface area contributed by atoms with Crippen LogP contribution < -0.4 is 0 Å². The normalized spacial score (nSPS) is 15.8. The summed E-state index contributed by atoms with van der Waals surface area (Å²) in [7, 11) is 0. The van der Waals surface area contributed by atoms with Crippen LogP contribution in [0.4, 0.5) is 0 Å². The fourth-order valence-corrected chi connectivity index (χ4v) is 2.18. The third-order valence-electron chi connectivity index (χ3n) is 3.29. The smallest absolute Gasteiger partial charge is 0.335 e. The zero-order valence-corrected chi connectivity index (χ0v) is 10.3. The Balaban J connectivity index is 1.89. The monoisotopic (exact) mass is 247 g/mol. The summed E-state index contributed by atoms with van der Waals surface area (Å²) in [6.45, 7) is 1.58. The third-order valence-corrected chi connectivity index (χ3v) is 3.29. The molecule has 0 spiro atoms. The molecular weight excluding hydrogens is 230 g/mol. The number of hydrogen-bond donors (Lipinski definition) is 1. The molecule has 1 N–H and O–H groups in total. The van der Waals surface area contributed by atoms with Crippen molar-refractivity contribution in [3.63, 3.8) is 0 Å². The van der Waals surface area contributed by atoms with Gasteiger partial charge in [0.05, 0.1) is 5.56 Å². The first kappa shape index (κ1) is 12.6. The molecule has 1 saturated heterocycles. The van der Waals surface area contributed by atoms with Crippen LogP contribution in [0.25, 0.3) is 0 Å². The fourth-order valence-electron chi connectivity index (χ4n) is 2.18. The second-order valence-electron chi connectivity index (χ2n) is 4.59. The number of nitrogens with zero attached hydrogens (tertiary/aromatic N) is 1. The number of likely N-dealkylation sites (tertiary alicyclic amines) is 1. The van der Waals surface area contributed by atoms with Crippen LogP contribution >= 0.6 is 0 Å². The maximum Gasteiger partial charge on any atom is 0.335 e. The molecule has 4 nitrogen and oxygen atoms in total. The Kier molecular flexibility index (Phi) is 3.97. The molecule has 1 aliphatic heterocycles. The summed E-state index contributed by atoms with van der Waals surface area (Å²) < 4.78 is 0. The summed E-state index contributed by atoms with van der Waals surface area (Å²) in [6, 6.07) is 6.85. The molecule has 0 aliphatic carbocycles. The summed E-state index contributed by atoms with van der Waals surface area (Å²) in [6.07, 6.45) is 3.54. The van der Waals surface area contributed by atoms with E-state index in [9.17, 15) is 9.59 Å². The predicted octanol–water partition coefficient (Wildman–Crippen LogP) is 1.94. The molecular formula is C14H17NO3. The Morgan fingerprint density at radius 1 is 1.22 bits per heavy atom. The van der Waals surface area contributed by atoms with Crippen LogP contribution in [0.1, 0.15) is 35.2 Å². The van der Waals surface area contributed by atoms with Crippen molar-refractivity contribution in [3.05, 3.63) is 35.4 Å². The Bertz CT molecular complexity index is 439. The molecule has 2 rings (SSSR count). The highest BCUT2D eigenvalue weighted by Crippen LogP contribution is 2.12. The number of rotatable bonds is 4. The number of carboxylic acids is 1. The van der Waals surface area contributed by atoms with Gasteiger partial charge in [-0.05, 0) is 37.0 Å². The van der Waals surface area contributed by atoms with Crippen molar-refractivity contribution in [3.8, 4) is 0 Å². The highest BCUT2D eigenvalue weighted by atomic mass is 16.4. The van der Waals surface area contributed by atoms with E-state index in [1.807, 2.05) is 17.0 Å². The van der Waals surface area contributed by atoms with Crippen LogP contribution in [-0.2, 0) is 11.2 Å². The number of piperidine rings is 1. The van der Waals surface area contributed by atoms with Gasteiger partial charge in [0.1, 0.15) is 0 Å². The number of carboxylic acid groups (broad SMARTS) is 1. The Hall–Kier alpha value is -1.84. The summed E-state index contributed by atoms with van der Waals surface area (Å²) in [5.74, 6) is -0.670. The van der Waals surface area contributed by atoms with E-state index in [0.717, 1.165) is 37.9 Å². The molecule has 0 radical (unpaired) electrons. The standard InChI is InChI=1S/C14H17NO3/c16-13-3-1-2-9-15(13)10-8-11-4-6-12(7-5-11)14(17)18/h4-7H,1-3,8-10H2,(H,17,18). The number of aromatic carboxylic acids is 1. The van der Waals surface area contributed by atoms with Gasteiger partial charge in [0.15, 0.2) is 0 Å². The first-order chi connectivity index (χ1) is 8.66. The van der Waals surface area contributed by atoms with E-state index in [-0.39, 0.29) is 5.91 Å². The predicted molar refractivity (Wildman–Crippen MR) is 67.5 cm³/mol. The Labute approximate surface area is 106 Å². The van der Waals surface area contributed by atoms with Gasteiger partial charge in [-0.25, -0.2) is 4.79 Å². The Morgan fingerprint density at radius 2 is 1.94 bits per heavy atom. The minimum absolute atomic E-state index is 0.239. The lowest BCUT2D eigenvalue weighted by Crippen LogP contribution is -2.36. The lowest BCUT2D eigenvalue weighted by Gasteiger charge is -2.26. The molecule has 0 bridgehead atoms. The number of hydrogen-bond acceptors (Lipinski definition) is 2. The zero-order valence-electron chi connectivity index (χ0n) is 10.3. The lowest BCUT2D eigenvalue weighted by atomic mass is 10.1. The van der Waals surface area contributed by atoms with E-state index < -0.39 is 5.97 Å². The van der Waals surface area contributed by atoms with Gasteiger partial charge in [-0.15, -0.1) is 0 Å².